The largest absolute Gasteiger partial charge is 0.387 e. The summed E-state index contributed by atoms with van der Waals surface area (Å²) in [6.07, 6.45) is 3.16. The predicted octanol–water partition coefficient (Wildman–Crippen LogP) is 0.961. The highest BCUT2D eigenvalue weighted by atomic mass is 16.3. The van der Waals surface area contributed by atoms with Crippen LogP contribution in [-0.4, -0.2) is 72.9 Å². The number of rotatable bonds is 5. The van der Waals surface area contributed by atoms with Crippen molar-refractivity contribution in [1.82, 2.24) is 15.1 Å². The molecule has 22 heavy (non-hydrogen) atoms. The summed E-state index contributed by atoms with van der Waals surface area (Å²) in [5, 5.41) is 13.9. The molecule has 0 aromatic heterocycles. The quantitative estimate of drug-likeness (QED) is 0.850. The van der Waals surface area contributed by atoms with Crippen LogP contribution in [0.5, 0.6) is 0 Å². The fourth-order valence-electron chi connectivity index (χ4n) is 3.61. The summed E-state index contributed by atoms with van der Waals surface area (Å²) < 4.78 is 0. The molecule has 1 aromatic carbocycles. The molecule has 0 aliphatic carbocycles. The summed E-state index contributed by atoms with van der Waals surface area (Å²) in [4.78, 5) is 4.98. The molecule has 2 aliphatic heterocycles. The van der Waals surface area contributed by atoms with Gasteiger partial charge in [-0.1, -0.05) is 30.3 Å². The van der Waals surface area contributed by atoms with Crippen molar-refractivity contribution in [2.45, 2.75) is 24.9 Å². The topological polar surface area (TPSA) is 38.7 Å². The fourth-order valence-corrected chi connectivity index (χ4v) is 3.61. The molecule has 1 atom stereocenters. The van der Waals surface area contributed by atoms with Crippen LogP contribution in [0.4, 0.5) is 0 Å². The van der Waals surface area contributed by atoms with Gasteiger partial charge < -0.3 is 15.3 Å². The van der Waals surface area contributed by atoms with Crippen LogP contribution >= 0.6 is 0 Å². The lowest BCUT2D eigenvalue weighted by molar-refractivity contribution is -0.0256. The Bertz CT molecular complexity index is 437. The van der Waals surface area contributed by atoms with Crippen LogP contribution in [0.25, 0.3) is 0 Å². The molecule has 4 nitrogen and oxygen atoms in total. The number of aliphatic hydroxyl groups is 1. The molecular weight excluding hydrogens is 274 g/mol. The molecule has 0 spiro atoms. The molecule has 0 saturated carbocycles. The maximum Gasteiger partial charge on any atom is 0.0898 e. The van der Waals surface area contributed by atoms with Gasteiger partial charge in [0.15, 0.2) is 0 Å². The third kappa shape index (κ3) is 4.53. The van der Waals surface area contributed by atoms with Crippen molar-refractivity contribution in [2.75, 3.05) is 52.4 Å². The lowest BCUT2D eigenvalue weighted by atomic mass is 9.93. The van der Waals surface area contributed by atoms with E-state index in [0.29, 0.717) is 0 Å². The molecule has 4 heteroatoms. The van der Waals surface area contributed by atoms with Crippen LogP contribution in [0.2, 0.25) is 0 Å². The summed E-state index contributed by atoms with van der Waals surface area (Å²) in [5.41, 5.74) is 0.914. The van der Waals surface area contributed by atoms with E-state index < -0.39 is 5.60 Å². The van der Waals surface area contributed by atoms with Crippen molar-refractivity contribution < 1.29 is 5.11 Å². The SMILES string of the molecule is OC1(CN2CCN(CCc3ccccc3)CC2)CCCNC1. The Balaban J connectivity index is 1.39. The van der Waals surface area contributed by atoms with Gasteiger partial charge in [0.2, 0.25) is 0 Å². The van der Waals surface area contributed by atoms with Crippen LogP contribution in [0, 0.1) is 0 Å². The highest BCUT2D eigenvalue weighted by molar-refractivity contribution is 5.14. The van der Waals surface area contributed by atoms with E-state index in [9.17, 15) is 5.11 Å². The third-order valence-electron chi connectivity index (χ3n) is 4.99. The Morgan fingerprint density at radius 2 is 1.77 bits per heavy atom. The van der Waals surface area contributed by atoms with Crippen molar-refractivity contribution in [2.24, 2.45) is 0 Å². The van der Waals surface area contributed by atoms with Gasteiger partial charge in [-0.2, -0.15) is 0 Å². The fraction of sp³-hybridized carbons (Fsp3) is 0.667. The number of β-amino-alcohol motifs (C(OH)–C–C–N with tert-alkyl or cyclic N) is 1. The average molecular weight is 303 g/mol. The highest BCUT2D eigenvalue weighted by Gasteiger charge is 2.32. The normalized spacial score (nSPS) is 27.9. The Hall–Kier alpha value is -0.940. The molecule has 3 rings (SSSR count). The maximum absolute atomic E-state index is 10.6. The molecule has 2 saturated heterocycles. The summed E-state index contributed by atoms with van der Waals surface area (Å²) >= 11 is 0. The summed E-state index contributed by atoms with van der Waals surface area (Å²) in [7, 11) is 0. The van der Waals surface area contributed by atoms with Gasteiger partial charge in [0.05, 0.1) is 5.60 Å². The number of nitrogens with one attached hydrogen (secondary N) is 1. The second-order valence-electron chi connectivity index (χ2n) is 6.86. The van der Waals surface area contributed by atoms with Crippen LogP contribution < -0.4 is 5.32 Å². The van der Waals surface area contributed by atoms with Crippen molar-refractivity contribution >= 4 is 0 Å². The second-order valence-corrected chi connectivity index (χ2v) is 6.86. The van der Waals surface area contributed by atoms with Crippen LogP contribution in [-0.2, 0) is 6.42 Å². The third-order valence-corrected chi connectivity index (χ3v) is 4.99. The molecule has 2 aliphatic rings. The van der Waals surface area contributed by atoms with Gasteiger partial charge >= 0.3 is 0 Å². The Morgan fingerprint density at radius 1 is 1.05 bits per heavy atom. The minimum atomic E-state index is -0.509. The highest BCUT2D eigenvalue weighted by Crippen LogP contribution is 2.18. The van der Waals surface area contributed by atoms with Crippen molar-refractivity contribution in [1.29, 1.82) is 0 Å². The first-order valence-corrected chi connectivity index (χ1v) is 8.65. The number of benzene rings is 1. The number of piperidine rings is 1. The van der Waals surface area contributed by atoms with E-state index in [0.717, 1.165) is 71.6 Å². The second kappa shape index (κ2) is 7.55. The molecule has 0 radical (unpaired) electrons. The minimum Gasteiger partial charge on any atom is -0.387 e. The van der Waals surface area contributed by atoms with E-state index in [1.807, 2.05) is 0 Å². The molecule has 0 amide bonds. The van der Waals surface area contributed by atoms with Gasteiger partial charge in [-0.25, -0.2) is 0 Å². The Morgan fingerprint density at radius 3 is 2.45 bits per heavy atom. The lowest BCUT2D eigenvalue weighted by Gasteiger charge is -2.41. The van der Waals surface area contributed by atoms with Crippen LogP contribution in [0.15, 0.2) is 30.3 Å². The molecule has 1 aromatic rings. The standard InChI is InChI=1S/C18H29N3O/c22-18(8-4-9-19-15-18)16-21-13-11-20(12-14-21)10-7-17-5-2-1-3-6-17/h1-3,5-6,19,22H,4,7-16H2. The molecule has 2 heterocycles. The van der Waals surface area contributed by atoms with Crippen molar-refractivity contribution in [3.63, 3.8) is 0 Å². The molecule has 2 fully saturated rings. The monoisotopic (exact) mass is 303 g/mol. The molecule has 0 bridgehead atoms. The van der Waals surface area contributed by atoms with E-state index in [2.05, 4.69) is 45.4 Å². The maximum atomic E-state index is 10.6. The van der Waals surface area contributed by atoms with Crippen molar-refractivity contribution in [3.8, 4) is 0 Å². The molecule has 1 unspecified atom stereocenters. The molecular formula is C18H29N3O. The first kappa shape index (κ1) is 15.9. The molecule has 122 valence electrons. The van der Waals surface area contributed by atoms with Gasteiger partial charge in [-0.3, -0.25) is 4.90 Å². The number of hydrogen-bond acceptors (Lipinski definition) is 4. The zero-order chi connectivity index (χ0) is 15.3. The summed E-state index contributed by atoms with van der Waals surface area (Å²) in [6, 6.07) is 10.7. The number of piperazine rings is 1. The van der Waals surface area contributed by atoms with Gasteiger partial charge in [0.1, 0.15) is 0 Å². The zero-order valence-corrected chi connectivity index (χ0v) is 13.5. The first-order valence-electron chi connectivity index (χ1n) is 8.65. The van der Waals surface area contributed by atoms with Crippen molar-refractivity contribution in [3.05, 3.63) is 35.9 Å². The minimum absolute atomic E-state index is 0.509. The van der Waals surface area contributed by atoms with E-state index in [1.54, 1.807) is 0 Å². The zero-order valence-electron chi connectivity index (χ0n) is 13.5. The Labute approximate surface area is 134 Å². The van der Waals surface area contributed by atoms with Gasteiger partial charge in [0, 0.05) is 45.8 Å². The van der Waals surface area contributed by atoms with E-state index in [4.69, 9.17) is 0 Å². The van der Waals surface area contributed by atoms with Crippen LogP contribution in [0.1, 0.15) is 18.4 Å². The number of hydrogen-bond donors (Lipinski definition) is 2. The Kier molecular flexibility index (Phi) is 5.47. The predicted molar refractivity (Wildman–Crippen MR) is 90.1 cm³/mol. The van der Waals surface area contributed by atoms with Gasteiger partial charge in [0.25, 0.3) is 0 Å². The smallest absolute Gasteiger partial charge is 0.0898 e. The number of nitrogens with zero attached hydrogens (tertiary/aromatic N) is 2. The van der Waals surface area contributed by atoms with Gasteiger partial charge in [-0.15, -0.1) is 0 Å². The van der Waals surface area contributed by atoms with Gasteiger partial charge in [-0.05, 0) is 31.4 Å². The summed E-state index contributed by atoms with van der Waals surface area (Å²) in [5.74, 6) is 0. The average Bonchev–Trinajstić information content (AvgIpc) is 2.55. The molecule has 2 N–H and O–H groups in total. The summed E-state index contributed by atoms with van der Waals surface area (Å²) in [6.45, 7) is 8.17. The van der Waals surface area contributed by atoms with E-state index >= 15 is 0 Å². The lowest BCUT2D eigenvalue weighted by Crippen LogP contribution is -2.56. The first-order chi connectivity index (χ1) is 10.7. The van der Waals surface area contributed by atoms with E-state index in [1.165, 1.54) is 5.56 Å². The van der Waals surface area contributed by atoms with Crippen LogP contribution in [0.3, 0.4) is 0 Å². The van der Waals surface area contributed by atoms with E-state index in [-0.39, 0.29) is 0 Å².